The van der Waals surface area contributed by atoms with Crippen molar-refractivity contribution in [2.75, 3.05) is 0 Å². The lowest BCUT2D eigenvalue weighted by Crippen LogP contribution is -2.32. The van der Waals surface area contributed by atoms with Gasteiger partial charge in [0, 0.05) is 0 Å². The summed E-state index contributed by atoms with van der Waals surface area (Å²) in [5.74, 6) is 5.62. The van der Waals surface area contributed by atoms with Crippen LogP contribution >= 0.6 is 0 Å². The van der Waals surface area contributed by atoms with E-state index in [1.54, 1.807) is 57.8 Å². The van der Waals surface area contributed by atoms with Crippen LogP contribution in [-0.2, 0) is 0 Å². The Kier molecular flexibility index (Phi) is 6.07. The molecule has 0 aromatic heterocycles. The number of hydrogen-bond donors (Lipinski definition) is 0. The van der Waals surface area contributed by atoms with Crippen molar-refractivity contribution in [2.45, 2.75) is 103 Å². The summed E-state index contributed by atoms with van der Waals surface area (Å²) >= 11 is 0. The molecule has 3 fully saturated rings. The second-order valence-corrected chi connectivity index (χ2v) is 8.65. The van der Waals surface area contributed by atoms with E-state index in [-0.39, 0.29) is 0 Å². The van der Waals surface area contributed by atoms with Gasteiger partial charge in [0.05, 0.1) is 0 Å². The average Bonchev–Trinajstić information content (AvgIpc) is 2.55. The molecule has 0 bridgehead atoms. The minimum Gasteiger partial charge on any atom is -0.0654 e. The van der Waals surface area contributed by atoms with Crippen LogP contribution in [0.25, 0.3) is 0 Å². The maximum Gasteiger partial charge on any atom is -0.0383 e. The van der Waals surface area contributed by atoms with E-state index in [1.807, 2.05) is 0 Å². The Bertz CT molecular complexity index is 286. The fourth-order valence-electron chi connectivity index (χ4n) is 5.97. The minimum absolute atomic E-state index is 1.10. The molecular formula is C21H38. The van der Waals surface area contributed by atoms with Gasteiger partial charge in [0.15, 0.2) is 0 Å². The molecular weight excluding hydrogens is 252 g/mol. The van der Waals surface area contributed by atoms with Gasteiger partial charge < -0.3 is 0 Å². The first-order valence-corrected chi connectivity index (χ1v) is 10.4. The monoisotopic (exact) mass is 290 g/mol. The number of unbranched alkanes of at least 4 members (excludes halogenated alkanes) is 2. The van der Waals surface area contributed by atoms with Gasteiger partial charge in [-0.25, -0.2) is 0 Å². The standard InChI is InChI=1S/C21H38/c1-2-3-4-7-17-10-12-19(13-11-17)21-15-14-18-8-5-6-9-20(18)16-21/h17-21H,2-16H2,1H3/t17?,18-,19?,20-,21-/m1/s1. The van der Waals surface area contributed by atoms with Crippen LogP contribution in [0.4, 0.5) is 0 Å². The van der Waals surface area contributed by atoms with Gasteiger partial charge in [-0.3, -0.25) is 0 Å². The van der Waals surface area contributed by atoms with Crippen molar-refractivity contribution in [3.8, 4) is 0 Å². The summed E-state index contributed by atoms with van der Waals surface area (Å²) < 4.78 is 0. The van der Waals surface area contributed by atoms with Crippen LogP contribution in [0.5, 0.6) is 0 Å². The molecule has 3 aliphatic rings. The maximum atomic E-state index is 2.33. The van der Waals surface area contributed by atoms with Crippen molar-refractivity contribution < 1.29 is 0 Å². The molecule has 0 nitrogen and oxygen atoms in total. The van der Waals surface area contributed by atoms with E-state index in [4.69, 9.17) is 0 Å². The van der Waals surface area contributed by atoms with E-state index in [2.05, 4.69) is 6.92 Å². The zero-order valence-electron chi connectivity index (χ0n) is 14.5. The summed E-state index contributed by atoms with van der Waals surface area (Å²) in [6.07, 6.45) is 23.2. The predicted octanol–water partition coefficient (Wildman–Crippen LogP) is 6.98. The molecule has 0 amide bonds. The van der Waals surface area contributed by atoms with Crippen molar-refractivity contribution >= 4 is 0 Å². The number of rotatable bonds is 5. The quantitative estimate of drug-likeness (QED) is 0.479. The zero-order valence-corrected chi connectivity index (χ0v) is 14.5. The Morgan fingerprint density at radius 2 is 1.19 bits per heavy atom. The predicted molar refractivity (Wildman–Crippen MR) is 92.4 cm³/mol. The van der Waals surface area contributed by atoms with Gasteiger partial charge in [-0.05, 0) is 61.7 Å². The van der Waals surface area contributed by atoms with Crippen molar-refractivity contribution in [1.82, 2.24) is 0 Å². The second kappa shape index (κ2) is 8.02. The van der Waals surface area contributed by atoms with Crippen LogP contribution in [0.1, 0.15) is 103 Å². The molecule has 0 aliphatic heterocycles. The number of fused-ring (bicyclic) bond motifs is 1. The summed E-state index contributed by atoms with van der Waals surface area (Å²) in [4.78, 5) is 0. The first kappa shape index (κ1) is 15.9. The summed E-state index contributed by atoms with van der Waals surface area (Å²) in [5.41, 5.74) is 0. The normalized spacial score (nSPS) is 40.7. The molecule has 0 aromatic rings. The molecule has 0 heteroatoms. The third-order valence-corrected chi connectivity index (χ3v) is 7.35. The summed E-state index contributed by atoms with van der Waals surface area (Å²) in [6, 6.07) is 0. The molecule has 0 unspecified atom stereocenters. The fourth-order valence-corrected chi connectivity index (χ4v) is 5.97. The number of hydrogen-bond acceptors (Lipinski definition) is 0. The highest BCUT2D eigenvalue weighted by Crippen LogP contribution is 2.48. The first-order chi connectivity index (χ1) is 10.4. The van der Waals surface area contributed by atoms with Gasteiger partial charge >= 0.3 is 0 Å². The van der Waals surface area contributed by atoms with Crippen LogP contribution in [0.2, 0.25) is 0 Å². The maximum absolute atomic E-state index is 2.33. The SMILES string of the molecule is CCCCCC1CCC([C@@H]2CC[C@H]3CCCC[C@@H]3C2)CC1. The largest absolute Gasteiger partial charge is 0.0654 e. The molecule has 3 atom stereocenters. The van der Waals surface area contributed by atoms with Crippen LogP contribution in [0.15, 0.2) is 0 Å². The summed E-state index contributed by atoms with van der Waals surface area (Å²) in [6.45, 7) is 2.33. The van der Waals surface area contributed by atoms with Crippen molar-refractivity contribution in [3.63, 3.8) is 0 Å². The van der Waals surface area contributed by atoms with Gasteiger partial charge in [-0.15, -0.1) is 0 Å². The lowest BCUT2D eigenvalue weighted by atomic mass is 9.62. The summed E-state index contributed by atoms with van der Waals surface area (Å²) in [5, 5.41) is 0. The Labute approximate surface area is 133 Å². The highest BCUT2D eigenvalue weighted by molar-refractivity contribution is 4.87. The fraction of sp³-hybridized carbons (Fsp3) is 1.00. The van der Waals surface area contributed by atoms with E-state index in [0.29, 0.717) is 0 Å². The van der Waals surface area contributed by atoms with Crippen LogP contribution in [0, 0.1) is 29.6 Å². The first-order valence-electron chi connectivity index (χ1n) is 10.4. The Morgan fingerprint density at radius 3 is 1.95 bits per heavy atom. The van der Waals surface area contributed by atoms with Gasteiger partial charge in [0.2, 0.25) is 0 Å². The molecule has 0 aromatic carbocycles. The van der Waals surface area contributed by atoms with Gasteiger partial charge in [0.1, 0.15) is 0 Å². The molecule has 3 aliphatic carbocycles. The van der Waals surface area contributed by atoms with Gasteiger partial charge in [-0.2, -0.15) is 0 Å². The van der Waals surface area contributed by atoms with Gasteiger partial charge in [-0.1, -0.05) is 71.1 Å². The smallest absolute Gasteiger partial charge is 0.0383 e. The molecule has 21 heavy (non-hydrogen) atoms. The van der Waals surface area contributed by atoms with E-state index >= 15 is 0 Å². The topological polar surface area (TPSA) is 0 Å². The van der Waals surface area contributed by atoms with Gasteiger partial charge in [0.25, 0.3) is 0 Å². The van der Waals surface area contributed by atoms with E-state index in [0.717, 1.165) is 29.6 Å². The van der Waals surface area contributed by atoms with E-state index < -0.39 is 0 Å². The minimum atomic E-state index is 1.10. The van der Waals surface area contributed by atoms with Crippen molar-refractivity contribution in [2.24, 2.45) is 29.6 Å². The average molecular weight is 291 g/mol. The summed E-state index contributed by atoms with van der Waals surface area (Å²) in [7, 11) is 0. The molecule has 0 radical (unpaired) electrons. The van der Waals surface area contributed by atoms with Crippen molar-refractivity contribution in [3.05, 3.63) is 0 Å². The lowest BCUT2D eigenvalue weighted by Gasteiger charge is -2.43. The van der Waals surface area contributed by atoms with Crippen LogP contribution in [0.3, 0.4) is 0 Å². The second-order valence-electron chi connectivity index (χ2n) is 8.65. The van der Waals surface area contributed by atoms with E-state index in [9.17, 15) is 0 Å². The third kappa shape index (κ3) is 4.26. The molecule has 0 spiro atoms. The molecule has 0 saturated heterocycles. The molecule has 0 heterocycles. The Morgan fingerprint density at radius 1 is 0.619 bits per heavy atom. The molecule has 3 saturated carbocycles. The van der Waals surface area contributed by atoms with Crippen LogP contribution < -0.4 is 0 Å². The molecule has 0 N–H and O–H groups in total. The Balaban J connectivity index is 1.40. The molecule has 122 valence electrons. The highest BCUT2D eigenvalue weighted by atomic mass is 14.4. The Hall–Kier alpha value is 0. The third-order valence-electron chi connectivity index (χ3n) is 7.35. The van der Waals surface area contributed by atoms with E-state index in [1.165, 1.54) is 38.5 Å². The molecule has 3 rings (SSSR count). The van der Waals surface area contributed by atoms with Crippen LogP contribution in [-0.4, -0.2) is 0 Å². The van der Waals surface area contributed by atoms with Crippen molar-refractivity contribution in [1.29, 1.82) is 0 Å². The zero-order chi connectivity index (χ0) is 14.5. The highest BCUT2D eigenvalue weighted by Gasteiger charge is 2.36. The lowest BCUT2D eigenvalue weighted by molar-refractivity contribution is 0.0773.